The second-order valence-electron chi connectivity index (χ2n) is 5.24. The smallest absolute Gasteiger partial charge is 0.409 e. The van der Waals surface area contributed by atoms with E-state index in [2.05, 4.69) is 5.32 Å². The highest BCUT2D eigenvalue weighted by Gasteiger charge is 2.26. The van der Waals surface area contributed by atoms with Crippen LogP contribution in [0.4, 0.5) is 4.79 Å². The van der Waals surface area contributed by atoms with Crippen LogP contribution in [0, 0.1) is 0 Å². The second-order valence-corrected chi connectivity index (χ2v) is 5.24. The molecule has 0 unspecified atom stereocenters. The Balaban J connectivity index is 2.02. The quantitative estimate of drug-likeness (QED) is 0.912. The predicted octanol–water partition coefficient (Wildman–Crippen LogP) is 1.66. The van der Waals surface area contributed by atoms with Gasteiger partial charge in [-0.05, 0) is 25.0 Å². The number of hydrogen-bond acceptors (Lipinski definition) is 5. The molecule has 1 aromatic rings. The molecule has 0 atom stereocenters. The summed E-state index contributed by atoms with van der Waals surface area (Å²) in [6.45, 7) is 1.11. The van der Waals surface area contributed by atoms with Gasteiger partial charge in [0.05, 0.1) is 21.3 Å². The molecule has 126 valence electrons. The lowest BCUT2D eigenvalue weighted by atomic mass is 10.0. The predicted molar refractivity (Wildman–Crippen MR) is 84.0 cm³/mol. The number of rotatable bonds is 4. The fourth-order valence-electron chi connectivity index (χ4n) is 2.67. The van der Waals surface area contributed by atoms with Gasteiger partial charge in [-0.3, -0.25) is 4.79 Å². The van der Waals surface area contributed by atoms with Crippen molar-refractivity contribution < 1.29 is 23.8 Å². The van der Waals surface area contributed by atoms with Gasteiger partial charge in [-0.2, -0.15) is 0 Å². The van der Waals surface area contributed by atoms with E-state index in [1.54, 1.807) is 23.1 Å². The number of methoxy groups -OCH3 is 3. The van der Waals surface area contributed by atoms with Crippen LogP contribution in [0.2, 0.25) is 0 Å². The number of carbonyl (C=O) groups excluding carboxylic acids is 2. The van der Waals surface area contributed by atoms with Crippen molar-refractivity contribution in [1.29, 1.82) is 0 Å². The molecule has 1 aromatic carbocycles. The standard InChI is InChI=1S/C16H22N2O5/c1-21-12-5-4-6-13(22-2)14(12)15(19)17-11-7-9-18(10-8-11)16(20)23-3/h4-6,11H,7-10H2,1-3H3,(H,17,19). The third kappa shape index (κ3) is 3.85. The molecule has 2 rings (SSSR count). The number of ether oxygens (including phenoxy) is 3. The highest BCUT2D eigenvalue weighted by molar-refractivity contribution is 5.99. The third-order valence-electron chi connectivity index (χ3n) is 3.92. The Labute approximate surface area is 135 Å². The van der Waals surface area contributed by atoms with Crippen LogP contribution >= 0.6 is 0 Å². The Bertz CT molecular complexity index is 545. The van der Waals surface area contributed by atoms with Gasteiger partial charge >= 0.3 is 6.09 Å². The van der Waals surface area contributed by atoms with E-state index in [-0.39, 0.29) is 18.0 Å². The summed E-state index contributed by atoms with van der Waals surface area (Å²) >= 11 is 0. The number of nitrogens with zero attached hydrogens (tertiary/aromatic N) is 1. The van der Waals surface area contributed by atoms with Gasteiger partial charge in [0.2, 0.25) is 0 Å². The molecule has 7 heteroatoms. The Hall–Kier alpha value is -2.44. The van der Waals surface area contributed by atoms with Gasteiger partial charge < -0.3 is 24.4 Å². The summed E-state index contributed by atoms with van der Waals surface area (Å²) in [5.74, 6) is 0.693. The Morgan fingerprint density at radius 3 is 2.13 bits per heavy atom. The van der Waals surface area contributed by atoms with Gasteiger partial charge in [-0.15, -0.1) is 0 Å². The third-order valence-corrected chi connectivity index (χ3v) is 3.92. The van der Waals surface area contributed by atoms with Crippen LogP contribution in [-0.4, -0.2) is 57.4 Å². The molecule has 1 saturated heterocycles. The lowest BCUT2D eigenvalue weighted by molar-refractivity contribution is 0.0887. The van der Waals surface area contributed by atoms with Crippen LogP contribution in [0.25, 0.3) is 0 Å². The van der Waals surface area contributed by atoms with E-state index in [1.807, 2.05) is 0 Å². The molecular weight excluding hydrogens is 300 g/mol. The first-order valence-corrected chi connectivity index (χ1v) is 7.45. The van der Waals surface area contributed by atoms with Crippen LogP contribution in [0.5, 0.6) is 11.5 Å². The van der Waals surface area contributed by atoms with Crippen molar-refractivity contribution in [3.05, 3.63) is 23.8 Å². The van der Waals surface area contributed by atoms with Crippen LogP contribution in [0.3, 0.4) is 0 Å². The Kier molecular flexibility index (Phi) is 5.67. The zero-order valence-corrected chi connectivity index (χ0v) is 13.6. The lowest BCUT2D eigenvalue weighted by Crippen LogP contribution is -2.46. The molecule has 1 fully saturated rings. The first-order chi connectivity index (χ1) is 11.1. The molecule has 2 amide bonds. The zero-order chi connectivity index (χ0) is 16.8. The molecule has 0 bridgehead atoms. The van der Waals surface area contributed by atoms with Crippen LogP contribution < -0.4 is 14.8 Å². The molecule has 1 aliphatic rings. The van der Waals surface area contributed by atoms with Gasteiger partial charge in [0, 0.05) is 19.1 Å². The summed E-state index contributed by atoms with van der Waals surface area (Å²) in [6, 6.07) is 5.20. The fraction of sp³-hybridized carbons (Fsp3) is 0.500. The number of nitrogens with one attached hydrogen (secondary N) is 1. The first-order valence-electron chi connectivity index (χ1n) is 7.45. The maximum Gasteiger partial charge on any atom is 0.409 e. The minimum atomic E-state index is -0.332. The van der Waals surface area contributed by atoms with E-state index in [0.717, 1.165) is 0 Å². The van der Waals surface area contributed by atoms with E-state index in [1.165, 1.54) is 21.3 Å². The van der Waals surface area contributed by atoms with E-state index in [0.29, 0.717) is 43.0 Å². The van der Waals surface area contributed by atoms with Crippen molar-refractivity contribution in [3.63, 3.8) is 0 Å². The molecular formula is C16H22N2O5. The Morgan fingerprint density at radius 1 is 1.09 bits per heavy atom. The number of carbonyl (C=O) groups is 2. The van der Waals surface area contributed by atoms with Crippen LogP contribution in [-0.2, 0) is 4.74 Å². The molecule has 0 aliphatic carbocycles. The molecule has 0 saturated carbocycles. The molecule has 7 nitrogen and oxygen atoms in total. The fourth-order valence-corrected chi connectivity index (χ4v) is 2.67. The van der Waals surface area contributed by atoms with Gasteiger partial charge in [0.25, 0.3) is 5.91 Å². The molecule has 1 heterocycles. The average Bonchev–Trinajstić information content (AvgIpc) is 2.60. The van der Waals surface area contributed by atoms with Gasteiger partial charge in [-0.25, -0.2) is 4.79 Å². The van der Waals surface area contributed by atoms with Crippen molar-refractivity contribution in [2.75, 3.05) is 34.4 Å². The summed E-state index contributed by atoms with van der Waals surface area (Å²) in [5, 5.41) is 2.98. The molecule has 0 aromatic heterocycles. The summed E-state index contributed by atoms with van der Waals surface area (Å²) < 4.78 is 15.2. The van der Waals surface area contributed by atoms with Gasteiger partial charge in [0.1, 0.15) is 17.1 Å². The maximum absolute atomic E-state index is 12.6. The average molecular weight is 322 g/mol. The number of amides is 2. The minimum absolute atomic E-state index is 0.00183. The monoisotopic (exact) mass is 322 g/mol. The maximum atomic E-state index is 12.6. The first kappa shape index (κ1) is 16.9. The zero-order valence-electron chi connectivity index (χ0n) is 13.6. The SMILES string of the molecule is COC(=O)N1CCC(NC(=O)c2c(OC)cccc2OC)CC1. The number of likely N-dealkylation sites (tertiary alicyclic amines) is 1. The van der Waals surface area contributed by atoms with Crippen molar-refractivity contribution >= 4 is 12.0 Å². The summed E-state index contributed by atoms with van der Waals surface area (Å²) in [4.78, 5) is 25.7. The summed E-state index contributed by atoms with van der Waals surface area (Å²) in [5.41, 5.74) is 0.382. The van der Waals surface area contributed by atoms with E-state index >= 15 is 0 Å². The second kappa shape index (κ2) is 7.71. The van der Waals surface area contributed by atoms with Crippen LogP contribution in [0.1, 0.15) is 23.2 Å². The van der Waals surface area contributed by atoms with Crippen molar-refractivity contribution in [3.8, 4) is 11.5 Å². The highest BCUT2D eigenvalue weighted by Crippen LogP contribution is 2.28. The normalized spacial score (nSPS) is 15.0. The number of piperidine rings is 1. The number of benzene rings is 1. The van der Waals surface area contributed by atoms with Gasteiger partial charge in [0.15, 0.2) is 0 Å². The highest BCUT2D eigenvalue weighted by atomic mass is 16.5. The van der Waals surface area contributed by atoms with E-state index < -0.39 is 0 Å². The summed E-state index contributed by atoms with van der Waals surface area (Å²) in [6.07, 6.45) is 1.03. The molecule has 23 heavy (non-hydrogen) atoms. The number of hydrogen-bond donors (Lipinski definition) is 1. The molecule has 1 N–H and O–H groups in total. The van der Waals surface area contributed by atoms with Gasteiger partial charge in [-0.1, -0.05) is 6.07 Å². The minimum Gasteiger partial charge on any atom is -0.496 e. The summed E-state index contributed by atoms with van der Waals surface area (Å²) in [7, 11) is 4.39. The van der Waals surface area contributed by atoms with E-state index in [4.69, 9.17) is 14.2 Å². The van der Waals surface area contributed by atoms with Crippen molar-refractivity contribution in [2.45, 2.75) is 18.9 Å². The molecule has 1 aliphatic heterocycles. The largest absolute Gasteiger partial charge is 0.496 e. The van der Waals surface area contributed by atoms with Crippen molar-refractivity contribution in [2.24, 2.45) is 0 Å². The lowest BCUT2D eigenvalue weighted by Gasteiger charge is -2.31. The van der Waals surface area contributed by atoms with Crippen LogP contribution in [0.15, 0.2) is 18.2 Å². The van der Waals surface area contributed by atoms with Crippen molar-refractivity contribution in [1.82, 2.24) is 10.2 Å². The Morgan fingerprint density at radius 2 is 1.65 bits per heavy atom. The topological polar surface area (TPSA) is 77.1 Å². The van der Waals surface area contributed by atoms with E-state index in [9.17, 15) is 9.59 Å². The molecule has 0 radical (unpaired) electrons. The molecule has 0 spiro atoms.